The van der Waals surface area contributed by atoms with Gasteiger partial charge in [0.05, 0.1) is 17.4 Å². The zero-order chi connectivity index (χ0) is 22.5. The Bertz CT molecular complexity index is 1120. The van der Waals surface area contributed by atoms with E-state index in [1.807, 2.05) is 27.9 Å². The first-order valence-corrected chi connectivity index (χ1v) is 11.4. The van der Waals surface area contributed by atoms with Gasteiger partial charge in [0.15, 0.2) is 16.1 Å². The van der Waals surface area contributed by atoms with E-state index in [2.05, 4.69) is 5.32 Å². The highest BCUT2D eigenvalue weighted by Crippen LogP contribution is 2.37. The van der Waals surface area contributed by atoms with E-state index in [-0.39, 0.29) is 11.9 Å². The molecule has 0 amide bonds. The van der Waals surface area contributed by atoms with Gasteiger partial charge in [0.1, 0.15) is 22.9 Å². The molecule has 0 fully saturated rings. The van der Waals surface area contributed by atoms with Gasteiger partial charge >= 0.3 is 0 Å². The van der Waals surface area contributed by atoms with E-state index in [4.69, 9.17) is 9.15 Å². The molecule has 0 aliphatic heterocycles. The first-order valence-electron chi connectivity index (χ1n) is 9.33. The maximum absolute atomic E-state index is 13.2. The average Bonchev–Trinajstić information content (AvgIpc) is 2.99. The number of rotatable bonds is 6. The van der Waals surface area contributed by atoms with Crippen molar-refractivity contribution in [2.45, 2.75) is 25.7 Å². The number of halogens is 1. The molecule has 0 saturated heterocycles. The van der Waals surface area contributed by atoms with E-state index in [1.165, 1.54) is 24.3 Å². The number of nitrogens with one attached hydrogen (secondary N) is 1. The van der Waals surface area contributed by atoms with Crippen LogP contribution < -0.4 is 10.1 Å². The molecule has 0 radical (unpaired) electrons. The number of fused-ring (bicyclic) bond motifs is 1. The van der Waals surface area contributed by atoms with Crippen molar-refractivity contribution < 1.29 is 26.8 Å². The number of hydrogen-bond acceptors (Lipinski definition) is 6. The number of benzene rings is 2. The monoisotopic (exact) mass is 435 g/mol. The lowest BCUT2D eigenvalue weighted by Crippen LogP contribution is -2.09. The van der Waals surface area contributed by atoms with Crippen molar-refractivity contribution in [3.8, 4) is 17.1 Å². The molecule has 0 saturated carbocycles. The van der Waals surface area contributed by atoms with Crippen LogP contribution in [0.4, 0.5) is 4.39 Å². The second-order valence-electron chi connectivity index (χ2n) is 7.16. The topological polar surface area (TPSA) is 85.6 Å². The van der Waals surface area contributed by atoms with Crippen LogP contribution in [-0.2, 0) is 15.6 Å². The van der Waals surface area contributed by atoms with Crippen LogP contribution in [-0.4, -0.2) is 41.2 Å². The summed E-state index contributed by atoms with van der Waals surface area (Å²) in [6.07, 6.45) is 1.63. The highest BCUT2D eigenvalue weighted by molar-refractivity contribution is 7.89. The zero-order valence-corrected chi connectivity index (χ0v) is 18.5. The molecule has 1 aromatic heterocycles. The van der Waals surface area contributed by atoms with Crippen LogP contribution in [0, 0.1) is 5.82 Å². The van der Waals surface area contributed by atoms with Crippen LogP contribution in [0.1, 0.15) is 29.8 Å². The van der Waals surface area contributed by atoms with Crippen molar-refractivity contribution in [2.75, 3.05) is 20.4 Å². The predicted molar refractivity (Wildman–Crippen MR) is 116 cm³/mol. The van der Waals surface area contributed by atoms with Crippen molar-refractivity contribution in [2.24, 2.45) is 0 Å². The van der Waals surface area contributed by atoms with E-state index in [9.17, 15) is 17.6 Å². The van der Waals surface area contributed by atoms with Crippen LogP contribution >= 0.6 is 0 Å². The summed E-state index contributed by atoms with van der Waals surface area (Å²) >= 11 is 0. The third kappa shape index (κ3) is 5.90. The SMILES string of the molecule is CC(C)Oc1cc2c(C=O)c(-c3ccc(F)cc3)oc2cc1CS(C)(=O)=O.CNC. The summed E-state index contributed by atoms with van der Waals surface area (Å²) in [5, 5.41) is 3.26. The molecule has 0 unspecified atom stereocenters. The summed E-state index contributed by atoms with van der Waals surface area (Å²) in [7, 11) is 0.447. The zero-order valence-electron chi connectivity index (χ0n) is 17.7. The van der Waals surface area contributed by atoms with Gasteiger partial charge in [-0.25, -0.2) is 12.8 Å². The maximum atomic E-state index is 13.2. The van der Waals surface area contributed by atoms with E-state index in [0.29, 0.717) is 45.5 Å². The number of sulfone groups is 1. The highest BCUT2D eigenvalue weighted by atomic mass is 32.2. The quantitative estimate of drug-likeness (QED) is 0.584. The van der Waals surface area contributed by atoms with Crippen molar-refractivity contribution >= 4 is 27.1 Å². The van der Waals surface area contributed by atoms with Gasteiger partial charge in [0.2, 0.25) is 0 Å². The number of hydrogen-bond donors (Lipinski definition) is 1. The minimum atomic E-state index is -3.30. The fourth-order valence-corrected chi connectivity index (χ4v) is 3.67. The van der Waals surface area contributed by atoms with Crippen LogP contribution in [0.25, 0.3) is 22.3 Å². The average molecular weight is 436 g/mol. The maximum Gasteiger partial charge on any atom is 0.154 e. The summed E-state index contributed by atoms with van der Waals surface area (Å²) in [5.41, 5.74) is 1.67. The Morgan fingerprint density at radius 1 is 1.17 bits per heavy atom. The molecular weight excluding hydrogens is 409 g/mol. The molecule has 162 valence electrons. The smallest absolute Gasteiger partial charge is 0.154 e. The number of carbonyl (C=O) groups is 1. The van der Waals surface area contributed by atoms with E-state index < -0.39 is 15.7 Å². The fourth-order valence-electron chi connectivity index (χ4n) is 2.88. The van der Waals surface area contributed by atoms with Gasteiger partial charge in [-0.1, -0.05) is 0 Å². The Hall–Kier alpha value is -2.71. The Labute approximate surface area is 176 Å². The Morgan fingerprint density at radius 2 is 1.77 bits per heavy atom. The van der Waals surface area contributed by atoms with Gasteiger partial charge in [-0.2, -0.15) is 0 Å². The van der Waals surface area contributed by atoms with E-state index in [1.54, 1.807) is 12.1 Å². The van der Waals surface area contributed by atoms with E-state index in [0.717, 1.165) is 6.26 Å². The third-order valence-corrected chi connectivity index (χ3v) is 4.75. The first kappa shape index (κ1) is 23.6. The molecule has 1 heterocycles. The van der Waals surface area contributed by atoms with E-state index >= 15 is 0 Å². The molecule has 0 atom stereocenters. The molecule has 0 aliphatic carbocycles. The van der Waals surface area contributed by atoms with Gasteiger partial charge in [-0.3, -0.25) is 4.79 Å². The Balaban J connectivity index is 0.00000101. The molecule has 6 nitrogen and oxygen atoms in total. The summed E-state index contributed by atoms with van der Waals surface area (Å²) in [4.78, 5) is 11.7. The molecular formula is C22H26FNO5S. The molecule has 8 heteroatoms. The van der Waals surface area contributed by atoms with Crippen LogP contribution in [0.3, 0.4) is 0 Å². The summed E-state index contributed by atoms with van der Waals surface area (Å²) < 4.78 is 48.3. The van der Waals surface area contributed by atoms with Crippen LogP contribution in [0.15, 0.2) is 40.8 Å². The molecule has 2 aromatic carbocycles. The molecule has 3 rings (SSSR count). The summed E-state index contributed by atoms with van der Waals surface area (Å²) in [6.45, 7) is 3.66. The van der Waals surface area contributed by atoms with Gasteiger partial charge in [-0.15, -0.1) is 0 Å². The van der Waals surface area contributed by atoms with Crippen molar-refractivity contribution in [1.29, 1.82) is 0 Å². The first-order chi connectivity index (χ1) is 14.1. The fraction of sp³-hybridized carbons (Fsp3) is 0.318. The van der Waals surface area contributed by atoms with Crippen LogP contribution in [0.2, 0.25) is 0 Å². The summed E-state index contributed by atoms with van der Waals surface area (Å²) in [5.74, 6) is 0.0728. The lowest BCUT2D eigenvalue weighted by atomic mass is 10.0. The summed E-state index contributed by atoms with van der Waals surface area (Å²) in [6, 6.07) is 8.79. The normalized spacial score (nSPS) is 11.3. The van der Waals surface area contributed by atoms with Crippen molar-refractivity contribution in [3.63, 3.8) is 0 Å². The minimum Gasteiger partial charge on any atom is -0.491 e. The largest absolute Gasteiger partial charge is 0.491 e. The molecule has 0 aliphatic rings. The second-order valence-corrected chi connectivity index (χ2v) is 9.30. The molecule has 3 aromatic rings. The lowest BCUT2D eigenvalue weighted by molar-refractivity contribution is 0.112. The third-order valence-electron chi connectivity index (χ3n) is 3.91. The second kappa shape index (κ2) is 9.86. The van der Waals surface area contributed by atoms with Crippen molar-refractivity contribution in [1.82, 2.24) is 5.32 Å². The lowest BCUT2D eigenvalue weighted by Gasteiger charge is -2.14. The molecule has 1 N–H and O–H groups in total. The van der Waals surface area contributed by atoms with Crippen molar-refractivity contribution in [3.05, 3.63) is 53.3 Å². The van der Waals surface area contributed by atoms with Gasteiger partial charge < -0.3 is 14.5 Å². The molecule has 0 bridgehead atoms. The molecule has 0 spiro atoms. The van der Waals surface area contributed by atoms with Crippen LogP contribution in [0.5, 0.6) is 5.75 Å². The number of furan rings is 1. The Kier molecular flexibility index (Phi) is 7.75. The standard InChI is InChI=1S/C20H19FO5S.C2H7N/c1-12(2)25-18-9-16-17(10-22)20(13-4-6-15(21)7-5-13)26-19(16)8-14(18)11-27(3,23)24;1-3-2/h4-10,12H,11H2,1-3H3;3H,1-2H3. The van der Waals surface area contributed by atoms with Gasteiger partial charge in [0.25, 0.3) is 0 Å². The Morgan fingerprint density at radius 3 is 2.27 bits per heavy atom. The molecule has 30 heavy (non-hydrogen) atoms. The number of ether oxygens (including phenoxy) is 1. The minimum absolute atomic E-state index is 0.177. The number of carbonyl (C=O) groups excluding carboxylic acids is 1. The predicted octanol–water partition coefficient (Wildman–Crippen LogP) is 4.22. The van der Waals surface area contributed by atoms with Gasteiger partial charge in [0, 0.05) is 22.8 Å². The van der Waals surface area contributed by atoms with Gasteiger partial charge in [-0.05, 0) is 64.3 Å². The highest BCUT2D eigenvalue weighted by Gasteiger charge is 2.20. The number of aldehydes is 1.